The summed E-state index contributed by atoms with van der Waals surface area (Å²) in [5, 5.41) is 20.9. The second-order valence-electron chi connectivity index (χ2n) is 4.83. The molecule has 19 heavy (non-hydrogen) atoms. The second kappa shape index (κ2) is 7.59. The molecule has 0 saturated carbocycles. The van der Waals surface area contributed by atoms with Gasteiger partial charge < -0.3 is 20.4 Å². The van der Waals surface area contributed by atoms with Gasteiger partial charge in [-0.25, -0.2) is 9.59 Å². The van der Waals surface area contributed by atoms with E-state index in [2.05, 4.69) is 5.32 Å². The molecule has 7 heteroatoms. The molecule has 3 unspecified atom stereocenters. The molecule has 1 fully saturated rings. The number of likely N-dealkylation sites (tertiary alicyclic amines) is 1. The van der Waals surface area contributed by atoms with Crippen molar-refractivity contribution in [3.8, 4) is 0 Å². The summed E-state index contributed by atoms with van der Waals surface area (Å²) in [4.78, 5) is 24.7. The van der Waals surface area contributed by atoms with E-state index in [-0.39, 0.29) is 18.6 Å². The van der Waals surface area contributed by atoms with Crippen molar-refractivity contribution in [2.75, 3.05) is 25.2 Å². The van der Waals surface area contributed by atoms with Crippen LogP contribution in [-0.4, -0.2) is 64.4 Å². The first-order chi connectivity index (χ1) is 9.01. The van der Waals surface area contributed by atoms with E-state index in [0.29, 0.717) is 18.7 Å². The third kappa shape index (κ3) is 4.28. The highest BCUT2D eigenvalue weighted by Gasteiger charge is 2.35. The molecule has 0 bridgehead atoms. The molecule has 0 aliphatic carbocycles. The smallest absolute Gasteiger partial charge is 0.326 e. The zero-order chi connectivity index (χ0) is 14.4. The molecule has 0 aromatic carbocycles. The lowest BCUT2D eigenvalue weighted by Crippen LogP contribution is -2.51. The molecule has 1 saturated heterocycles. The number of aliphatic carboxylic acids is 1. The molecule has 6 nitrogen and oxygen atoms in total. The van der Waals surface area contributed by atoms with E-state index in [1.54, 1.807) is 16.7 Å². The number of urea groups is 1. The van der Waals surface area contributed by atoms with E-state index in [4.69, 9.17) is 5.11 Å². The molecule has 0 aromatic rings. The van der Waals surface area contributed by atoms with E-state index >= 15 is 0 Å². The van der Waals surface area contributed by atoms with Crippen LogP contribution >= 0.6 is 11.8 Å². The first kappa shape index (κ1) is 16.1. The van der Waals surface area contributed by atoms with Gasteiger partial charge in [0.05, 0.1) is 12.6 Å². The number of carboxylic acid groups (broad SMARTS) is 1. The maximum absolute atomic E-state index is 12.1. The third-order valence-corrected chi connectivity index (χ3v) is 4.18. The zero-order valence-electron chi connectivity index (χ0n) is 11.3. The molecule has 0 radical (unpaired) electrons. The van der Waals surface area contributed by atoms with Crippen LogP contribution in [0.25, 0.3) is 0 Å². The van der Waals surface area contributed by atoms with Crippen molar-refractivity contribution in [1.82, 2.24) is 10.2 Å². The lowest BCUT2D eigenvalue weighted by atomic mass is 10.0. The van der Waals surface area contributed by atoms with Crippen molar-refractivity contribution < 1.29 is 19.8 Å². The Morgan fingerprint density at radius 3 is 2.74 bits per heavy atom. The Kier molecular flexibility index (Phi) is 6.44. The Labute approximate surface area is 117 Å². The number of nitrogens with one attached hydrogen (secondary N) is 1. The normalized spacial score (nSPS) is 24.3. The molecular weight excluding hydrogens is 268 g/mol. The number of hydrogen-bond acceptors (Lipinski definition) is 4. The van der Waals surface area contributed by atoms with Gasteiger partial charge in [-0.15, -0.1) is 0 Å². The summed E-state index contributed by atoms with van der Waals surface area (Å²) in [7, 11) is 0. The predicted molar refractivity (Wildman–Crippen MR) is 74.3 cm³/mol. The summed E-state index contributed by atoms with van der Waals surface area (Å²) in [6.07, 6.45) is 3.13. The highest BCUT2D eigenvalue weighted by molar-refractivity contribution is 7.98. The Morgan fingerprint density at radius 1 is 1.53 bits per heavy atom. The summed E-state index contributed by atoms with van der Waals surface area (Å²) >= 11 is 1.54. The van der Waals surface area contributed by atoms with Crippen LogP contribution in [0.2, 0.25) is 0 Å². The van der Waals surface area contributed by atoms with Gasteiger partial charge in [-0.3, -0.25) is 0 Å². The number of carbonyl (C=O) groups is 2. The molecule has 0 aromatic heterocycles. The average Bonchev–Trinajstić information content (AvgIpc) is 2.74. The molecule has 110 valence electrons. The Balaban J connectivity index is 2.59. The van der Waals surface area contributed by atoms with Gasteiger partial charge >= 0.3 is 12.0 Å². The Hall–Kier alpha value is -0.950. The lowest BCUT2D eigenvalue weighted by molar-refractivity contribution is -0.139. The molecule has 1 heterocycles. The Bertz CT molecular complexity index is 327. The highest BCUT2D eigenvalue weighted by atomic mass is 32.2. The minimum absolute atomic E-state index is 0.0862. The van der Waals surface area contributed by atoms with E-state index in [9.17, 15) is 14.7 Å². The average molecular weight is 290 g/mol. The van der Waals surface area contributed by atoms with E-state index in [1.807, 2.05) is 13.2 Å². The van der Waals surface area contributed by atoms with Gasteiger partial charge in [0, 0.05) is 6.54 Å². The Morgan fingerprint density at radius 2 is 2.21 bits per heavy atom. The SMILES string of the molecule is CSCCC(NC(=O)N1CCC(C)C1CO)C(=O)O. The third-order valence-electron chi connectivity index (χ3n) is 3.54. The number of aliphatic hydroxyl groups is 1. The molecule has 1 rings (SSSR count). The van der Waals surface area contributed by atoms with Crippen molar-refractivity contribution in [3.63, 3.8) is 0 Å². The highest BCUT2D eigenvalue weighted by Crippen LogP contribution is 2.23. The van der Waals surface area contributed by atoms with E-state index < -0.39 is 18.0 Å². The number of hydrogen-bond donors (Lipinski definition) is 3. The maximum atomic E-state index is 12.1. The predicted octanol–water partition coefficient (Wildman–Crippen LogP) is 0.605. The monoisotopic (exact) mass is 290 g/mol. The van der Waals surface area contributed by atoms with Gasteiger partial charge in [0.1, 0.15) is 6.04 Å². The number of rotatable bonds is 6. The summed E-state index contributed by atoms with van der Waals surface area (Å²) in [6.45, 7) is 2.46. The second-order valence-corrected chi connectivity index (χ2v) is 5.82. The van der Waals surface area contributed by atoms with Crippen molar-refractivity contribution >= 4 is 23.8 Å². The van der Waals surface area contributed by atoms with Crippen LogP contribution in [0, 0.1) is 5.92 Å². The fourth-order valence-corrected chi connectivity index (χ4v) is 2.74. The topological polar surface area (TPSA) is 89.9 Å². The van der Waals surface area contributed by atoms with E-state index in [1.165, 1.54) is 0 Å². The fourth-order valence-electron chi connectivity index (χ4n) is 2.26. The van der Waals surface area contributed by atoms with Crippen LogP contribution in [0.4, 0.5) is 4.79 Å². The molecule has 3 N–H and O–H groups in total. The van der Waals surface area contributed by atoms with Gasteiger partial charge in [0.2, 0.25) is 0 Å². The van der Waals surface area contributed by atoms with Crippen molar-refractivity contribution in [2.45, 2.75) is 31.8 Å². The van der Waals surface area contributed by atoms with Crippen LogP contribution < -0.4 is 5.32 Å². The number of nitrogens with zero attached hydrogens (tertiary/aromatic N) is 1. The van der Waals surface area contributed by atoms with Crippen LogP contribution in [0.3, 0.4) is 0 Å². The number of carboxylic acids is 1. The molecule has 0 spiro atoms. The standard InChI is InChI=1S/C12H22N2O4S/c1-8-3-5-14(10(8)7-15)12(18)13-9(11(16)17)4-6-19-2/h8-10,15H,3-7H2,1-2H3,(H,13,18)(H,16,17). The lowest BCUT2D eigenvalue weighted by Gasteiger charge is -2.27. The maximum Gasteiger partial charge on any atom is 0.326 e. The summed E-state index contributed by atoms with van der Waals surface area (Å²) in [5.74, 6) is -0.0997. The quantitative estimate of drug-likeness (QED) is 0.666. The first-order valence-corrected chi connectivity index (χ1v) is 7.80. The number of thioether (sulfide) groups is 1. The largest absolute Gasteiger partial charge is 0.480 e. The van der Waals surface area contributed by atoms with Gasteiger partial charge in [0.15, 0.2) is 0 Å². The fraction of sp³-hybridized carbons (Fsp3) is 0.833. The summed E-state index contributed by atoms with van der Waals surface area (Å²) in [6, 6.07) is -1.47. The van der Waals surface area contributed by atoms with Crippen LogP contribution in [0.15, 0.2) is 0 Å². The first-order valence-electron chi connectivity index (χ1n) is 6.41. The van der Waals surface area contributed by atoms with Crippen molar-refractivity contribution in [3.05, 3.63) is 0 Å². The molecule has 3 atom stereocenters. The summed E-state index contributed by atoms with van der Waals surface area (Å²) < 4.78 is 0. The number of carbonyl (C=O) groups excluding carboxylic acids is 1. The molecular formula is C12H22N2O4S. The number of amides is 2. The van der Waals surface area contributed by atoms with Crippen molar-refractivity contribution in [1.29, 1.82) is 0 Å². The van der Waals surface area contributed by atoms with Gasteiger partial charge in [0.25, 0.3) is 0 Å². The minimum atomic E-state index is -1.02. The number of aliphatic hydroxyl groups excluding tert-OH is 1. The van der Waals surface area contributed by atoms with Crippen molar-refractivity contribution in [2.24, 2.45) is 5.92 Å². The van der Waals surface area contributed by atoms with Crippen LogP contribution in [0.1, 0.15) is 19.8 Å². The molecule has 2 amide bonds. The molecule has 1 aliphatic rings. The van der Waals surface area contributed by atoms with Gasteiger partial charge in [-0.05, 0) is 30.8 Å². The zero-order valence-corrected chi connectivity index (χ0v) is 12.2. The molecule has 1 aliphatic heterocycles. The summed E-state index contributed by atoms with van der Waals surface area (Å²) in [5.41, 5.74) is 0. The van der Waals surface area contributed by atoms with Crippen LogP contribution in [-0.2, 0) is 4.79 Å². The minimum Gasteiger partial charge on any atom is -0.480 e. The van der Waals surface area contributed by atoms with Gasteiger partial charge in [-0.2, -0.15) is 11.8 Å². The van der Waals surface area contributed by atoms with Crippen LogP contribution in [0.5, 0.6) is 0 Å². The van der Waals surface area contributed by atoms with E-state index in [0.717, 1.165) is 6.42 Å². The van der Waals surface area contributed by atoms with Gasteiger partial charge in [-0.1, -0.05) is 6.92 Å².